The average molecular weight is 370 g/mol. The van der Waals surface area contributed by atoms with Crippen molar-refractivity contribution in [1.82, 2.24) is 4.98 Å². The van der Waals surface area contributed by atoms with Gasteiger partial charge in [0.1, 0.15) is 11.3 Å². The molecule has 26 heavy (non-hydrogen) atoms. The second kappa shape index (κ2) is 6.92. The SMILES string of the molecule is Cc1cc(=O)oc2cc(OCC(=O)Nc3nc4c(s3)CCCC4)ccc12. The monoisotopic (exact) mass is 370 g/mol. The Balaban J connectivity index is 1.42. The van der Waals surface area contributed by atoms with E-state index in [-0.39, 0.29) is 12.5 Å². The molecule has 0 saturated heterocycles. The summed E-state index contributed by atoms with van der Waals surface area (Å²) in [5.41, 5.74) is 1.99. The first-order chi connectivity index (χ1) is 12.6. The van der Waals surface area contributed by atoms with Crippen molar-refractivity contribution < 1.29 is 13.9 Å². The molecule has 1 N–H and O–H groups in total. The summed E-state index contributed by atoms with van der Waals surface area (Å²) in [6.07, 6.45) is 4.37. The summed E-state index contributed by atoms with van der Waals surface area (Å²) in [6, 6.07) is 6.64. The molecule has 0 spiro atoms. The van der Waals surface area contributed by atoms with E-state index in [1.165, 1.54) is 17.4 Å². The zero-order valence-corrected chi connectivity index (χ0v) is 15.1. The Morgan fingerprint density at radius 1 is 1.31 bits per heavy atom. The van der Waals surface area contributed by atoms with Crippen LogP contribution in [-0.2, 0) is 17.6 Å². The molecule has 0 aliphatic heterocycles. The number of ether oxygens (including phenoxy) is 1. The summed E-state index contributed by atoms with van der Waals surface area (Å²) < 4.78 is 10.7. The number of anilines is 1. The molecule has 0 atom stereocenters. The second-order valence-corrected chi connectivity index (χ2v) is 7.42. The number of benzene rings is 1. The number of nitrogens with one attached hydrogen (secondary N) is 1. The number of hydrogen-bond donors (Lipinski definition) is 1. The molecule has 0 radical (unpaired) electrons. The molecule has 2 aromatic heterocycles. The lowest BCUT2D eigenvalue weighted by Gasteiger charge is -2.07. The summed E-state index contributed by atoms with van der Waals surface area (Å²) in [5.74, 6) is 0.210. The minimum absolute atomic E-state index is 0.133. The Morgan fingerprint density at radius 3 is 3.00 bits per heavy atom. The van der Waals surface area contributed by atoms with Gasteiger partial charge in [-0.1, -0.05) is 0 Å². The Morgan fingerprint density at radius 2 is 2.15 bits per heavy atom. The molecule has 4 rings (SSSR count). The molecule has 0 unspecified atom stereocenters. The van der Waals surface area contributed by atoms with Crippen LogP contribution in [0.2, 0.25) is 0 Å². The highest BCUT2D eigenvalue weighted by Gasteiger charge is 2.16. The van der Waals surface area contributed by atoms with E-state index in [0.29, 0.717) is 16.5 Å². The number of hydrogen-bond acceptors (Lipinski definition) is 6. The van der Waals surface area contributed by atoms with Gasteiger partial charge in [-0.2, -0.15) is 0 Å². The summed E-state index contributed by atoms with van der Waals surface area (Å²) in [5, 5.41) is 4.27. The number of rotatable bonds is 4. The van der Waals surface area contributed by atoms with E-state index in [1.807, 2.05) is 13.0 Å². The molecule has 0 fully saturated rings. The van der Waals surface area contributed by atoms with Crippen LogP contribution < -0.4 is 15.7 Å². The molecular weight excluding hydrogens is 352 g/mol. The fraction of sp³-hybridized carbons (Fsp3) is 0.316. The summed E-state index contributed by atoms with van der Waals surface area (Å²) in [7, 11) is 0. The van der Waals surface area contributed by atoms with E-state index in [2.05, 4.69) is 10.3 Å². The number of carbonyl (C=O) groups is 1. The van der Waals surface area contributed by atoms with Crippen LogP contribution in [0.3, 0.4) is 0 Å². The summed E-state index contributed by atoms with van der Waals surface area (Å²) in [4.78, 5) is 29.4. The van der Waals surface area contributed by atoms with Gasteiger partial charge in [-0.05, 0) is 50.3 Å². The third kappa shape index (κ3) is 3.48. The molecule has 6 nitrogen and oxygen atoms in total. The number of aryl methyl sites for hydroxylation is 3. The van der Waals surface area contributed by atoms with Gasteiger partial charge in [-0.3, -0.25) is 10.1 Å². The largest absolute Gasteiger partial charge is 0.484 e. The van der Waals surface area contributed by atoms with Crippen LogP contribution in [0.25, 0.3) is 11.0 Å². The molecule has 134 valence electrons. The first-order valence-electron chi connectivity index (χ1n) is 8.54. The van der Waals surface area contributed by atoms with Gasteiger partial charge in [0.25, 0.3) is 5.91 Å². The highest BCUT2D eigenvalue weighted by molar-refractivity contribution is 7.15. The average Bonchev–Trinajstić information content (AvgIpc) is 3.01. The quantitative estimate of drug-likeness (QED) is 0.712. The van der Waals surface area contributed by atoms with Gasteiger partial charge >= 0.3 is 5.63 Å². The predicted octanol–water partition coefficient (Wildman–Crippen LogP) is 3.45. The predicted molar refractivity (Wildman–Crippen MR) is 100 cm³/mol. The van der Waals surface area contributed by atoms with Gasteiger partial charge < -0.3 is 9.15 Å². The maximum Gasteiger partial charge on any atom is 0.336 e. The molecular formula is C19H18N2O4S. The number of aromatic nitrogens is 1. The molecule has 1 amide bonds. The van der Waals surface area contributed by atoms with Crippen LogP contribution in [0.5, 0.6) is 5.75 Å². The van der Waals surface area contributed by atoms with Crippen molar-refractivity contribution in [2.24, 2.45) is 0 Å². The molecule has 0 bridgehead atoms. The lowest BCUT2D eigenvalue weighted by Crippen LogP contribution is -2.20. The van der Waals surface area contributed by atoms with Crippen molar-refractivity contribution in [2.45, 2.75) is 32.6 Å². The van der Waals surface area contributed by atoms with E-state index in [4.69, 9.17) is 9.15 Å². The van der Waals surface area contributed by atoms with Crippen LogP contribution >= 0.6 is 11.3 Å². The third-order valence-electron chi connectivity index (χ3n) is 4.38. The Kier molecular flexibility index (Phi) is 4.46. The first-order valence-corrected chi connectivity index (χ1v) is 9.36. The maximum atomic E-state index is 12.1. The minimum atomic E-state index is -0.405. The molecule has 0 saturated carbocycles. The van der Waals surface area contributed by atoms with Crippen LogP contribution in [0, 0.1) is 6.92 Å². The topological polar surface area (TPSA) is 81.4 Å². The minimum Gasteiger partial charge on any atom is -0.484 e. The number of fused-ring (bicyclic) bond motifs is 2. The number of nitrogens with zero attached hydrogens (tertiary/aromatic N) is 1. The lowest BCUT2D eigenvalue weighted by atomic mass is 10.0. The Labute approximate surface area is 153 Å². The third-order valence-corrected chi connectivity index (χ3v) is 5.46. The van der Waals surface area contributed by atoms with Gasteiger partial charge in [0, 0.05) is 22.4 Å². The van der Waals surface area contributed by atoms with Gasteiger partial charge in [-0.25, -0.2) is 9.78 Å². The lowest BCUT2D eigenvalue weighted by molar-refractivity contribution is -0.118. The molecule has 3 aromatic rings. The van der Waals surface area contributed by atoms with Crippen molar-refractivity contribution in [2.75, 3.05) is 11.9 Å². The second-order valence-electron chi connectivity index (χ2n) is 6.34. The van der Waals surface area contributed by atoms with E-state index in [0.717, 1.165) is 35.9 Å². The van der Waals surface area contributed by atoms with Crippen molar-refractivity contribution in [3.63, 3.8) is 0 Å². The van der Waals surface area contributed by atoms with Crippen LogP contribution in [0.1, 0.15) is 29.0 Å². The van der Waals surface area contributed by atoms with Crippen LogP contribution in [0.4, 0.5) is 5.13 Å². The molecule has 1 aromatic carbocycles. The molecule has 7 heteroatoms. The first kappa shape index (κ1) is 16.8. The number of thiazole rings is 1. The fourth-order valence-corrected chi connectivity index (χ4v) is 4.17. The standard InChI is InChI=1S/C19H18N2O4S/c1-11-8-18(23)25-15-9-12(6-7-13(11)15)24-10-17(22)21-19-20-14-4-2-3-5-16(14)26-19/h6-9H,2-5,10H2,1H3,(H,20,21,22). The smallest absolute Gasteiger partial charge is 0.336 e. The normalized spacial score (nSPS) is 13.4. The van der Waals surface area contributed by atoms with Crippen molar-refractivity contribution >= 4 is 33.3 Å². The maximum absolute atomic E-state index is 12.1. The van der Waals surface area contributed by atoms with Gasteiger partial charge in [-0.15, -0.1) is 11.3 Å². The molecule has 1 aliphatic carbocycles. The van der Waals surface area contributed by atoms with Crippen molar-refractivity contribution in [3.05, 3.63) is 50.8 Å². The highest BCUT2D eigenvalue weighted by Crippen LogP contribution is 2.29. The highest BCUT2D eigenvalue weighted by atomic mass is 32.1. The summed E-state index contributed by atoms with van der Waals surface area (Å²) in [6.45, 7) is 1.71. The van der Waals surface area contributed by atoms with E-state index in [1.54, 1.807) is 23.5 Å². The Bertz CT molecular complexity index is 1010. The van der Waals surface area contributed by atoms with E-state index >= 15 is 0 Å². The summed E-state index contributed by atoms with van der Waals surface area (Å²) >= 11 is 1.54. The van der Waals surface area contributed by atoms with Crippen LogP contribution in [0.15, 0.2) is 33.5 Å². The van der Waals surface area contributed by atoms with Crippen molar-refractivity contribution in [1.29, 1.82) is 0 Å². The van der Waals surface area contributed by atoms with Crippen LogP contribution in [-0.4, -0.2) is 17.5 Å². The van der Waals surface area contributed by atoms with Crippen molar-refractivity contribution in [3.8, 4) is 5.75 Å². The Hall–Kier alpha value is -2.67. The number of carbonyl (C=O) groups excluding carboxylic acids is 1. The fourth-order valence-electron chi connectivity index (χ4n) is 3.10. The van der Waals surface area contributed by atoms with E-state index in [9.17, 15) is 9.59 Å². The zero-order chi connectivity index (χ0) is 18.1. The molecule has 1 aliphatic rings. The number of amides is 1. The van der Waals surface area contributed by atoms with Gasteiger partial charge in [0.15, 0.2) is 11.7 Å². The van der Waals surface area contributed by atoms with Gasteiger partial charge in [0.05, 0.1) is 5.69 Å². The zero-order valence-electron chi connectivity index (χ0n) is 14.3. The van der Waals surface area contributed by atoms with E-state index < -0.39 is 5.63 Å². The molecule has 2 heterocycles. The van der Waals surface area contributed by atoms with Gasteiger partial charge in [0.2, 0.25) is 0 Å².